The van der Waals surface area contributed by atoms with Gasteiger partial charge >= 0.3 is 0 Å². The van der Waals surface area contributed by atoms with Crippen molar-refractivity contribution in [1.29, 1.82) is 0 Å². The second kappa shape index (κ2) is 6.05. The van der Waals surface area contributed by atoms with Crippen LogP contribution in [0.3, 0.4) is 0 Å². The lowest BCUT2D eigenvalue weighted by atomic mass is 10.1. The van der Waals surface area contributed by atoms with Crippen molar-refractivity contribution in [2.75, 3.05) is 26.2 Å². The van der Waals surface area contributed by atoms with Gasteiger partial charge in [-0.1, -0.05) is 0 Å². The van der Waals surface area contributed by atoms with E-state index < -0.39 is 10.7 Å². The van der Waals surface area contributed by atoms with E-state index in [9.17, 15) is 14.5 Å². The van der Waals surface area contributed by atoms with Crippen LogP contribution >= 0.6 is 0 Å². The molecule has 19 heavy (non-hydrogen) atoms. The van der Waals surface area contributed by atoms with Crippen LogP contribution in [0.5, 0.6) is 0 Å². The van der Waals surface area contributed by atoms with E-state index in [0.29, 0.717) is 38.3 Å². The second-order valence-corrected chi connectivity index (χ2v) is 4.50. The van der Waals surface area contributed by atoms with Crippen LogP contribution in [0, 0.1) is 15.9 Å². The highest BCUT2D eigenvalue weighted by Gasteiger charge is 2.20. The van der Waals surface area contributed by atoms with Crippen molar-refractivity contribution in [2.45, 2.75) is 12.6 Å². The van der Waals surface area contributed by atoms with E-state index in [2.05, 4.69) is 0 Å². The first-order valence-corrected chi connectivity index (χ1v) is 6.07. The average molecular weight is 269 g/mol. The number of nitro groups is 1. The Labute approximate surface area is 110 Å². The van der Waals surface area contributed by atoms with E-state index in [-0.39, 0.29) is 11.8 Å². The smallest absolute Gasteiger partial charge is 0.272 e. The van der Waals surface area contributed by atoms with Crippen LogP contribution in [-0.4, -0.2) is 42.2 Å². The molecule has 1 aliphatic rings. The summed E-state index contributed by atoms with van der Waals surface area (Å²) in [5, 5.41) is 10.5. The van der Waals surface area contributed by atoms with Crippen molar-refractivity contribution in [3.05, 3.63) is 39.7 Å². The molecule has 1 atom stereocenters. The number of rotatable bonds is 4. The van der Waals surface area contributed by atoms with E-state index in [0.717, 1.165) is 6.07 Å². The van der Waals surface area contributed by atoms with Gasteiger partial charge in [-0.2, -0.15) is 0 Å². The Balaban J connectivity index is 2.04. The van der Waals surface area contributed by atoms with Gasteiger partial charge in [0.25, 0.3) is 5.69 Å². The third-order valence-electron chi connectivity index (χ3n) is 3.13. The summed E-state index contributed by atoms with van der Waals surface area (Å²) in [6.07, 6.45) is -0.0325. The Kier molecular flexibility index (Phi) is 4.41. The van der Waals surface area contributed by atoms with Gasteiger partial charge in [0.2, 0.25) is 0 Å². The second-order valence-electron chi connectivity index (χ2n) is 4.50. The lowest BCUT2D eigenvalue weighted by Gasteiger charge is -2.32. The summed E-state index contributed by atoms with van der Waals surface area (Å²) < 4.78 is 19.2. The number of ether oxygens (including phenoxy) is 1. The monoisotopic (exact) mass is 269 g/mol. The van der Waals surface area contributed by atoms with Crippen LogP contribution in [0.15, 0.2) is 18.2 Å². The number of benzene rings is 1. The number of hydrogen-bond donors (Lipinski definition) is 1. The zero-order valence-corrected chi connectivity index (χ0v) is 10.4. The highest BCUT2D eigenvalue weighted by Crippen LogP contribution is 2.18. The molecule has 0 radical (unpaired) electrons. The Hall–Kier alpha value is -1.57. The first kappa shape index (κ1) is 13.9. The Morgan fingerprint density at radius 1 is 1.58 bits per heavy atom. The zero-order chi connectivity index (χ0) is 13.8. The Morgan fingerprint density at radius 3 is 3.00 bits per heavy atom. The van der Waals surface area contributed by atoms with Gasteiger partial charge in [-0.25, -0.2) is 4.39 Å². The quantitative estimate of drug-likeness (QED) is 0.648. The van der Waals surface area contributed by atoms with Gasteiger partial charge in [0, 0.05) is 37.8 Å². The minimum Gasteiger partial charge on any atom is -0.374 e. The molecule has 0 aromatic heterocycles. The molecule has 1 aromatic carbocycles. The van der Waals surface area contributed by atoms with E-state index in [1.165, 1.54) is 12.1 Å². The summed E-state index contributed by atoms with van der Waals surface area (Å²) in [4.78, 5) is 12.0. The highest BCUT2D eigenvalue weighted by atomic mass is 19.1. The number of nitro benzene ring substituents is 1. The van der Waals surface area contributed by atoms with Crippen molar-refractivity contribution < 1.29 is 14.1 Å². The lowest BCUT2D eigenvalue weighted by Crippen LogP contribution is -2.45. The molecule has 7 heteroatoms. The van der Waals surface area contributed by atoms with Crippen LogP contribution in [-0.2, 0) is 11.3 Å². The molecule has 0 bridgehead atoms. The fraction of sp³-hybridized carbons (Fsp3) is 0.500. The summed E-state index contributed by atoms with van der Waals surface area (Å²) in [5.74, 6) is -0.551. The molecule has 2 N–H and O–H groups in total. The molecule has 1 fully saturated rings. The van der Waals surface area contributed by atoms with E-state index >= 15 is 0 Å². The van der Waals surface area contributed by atoms with Crippen molar-refractivity contribution in [2.24, 2.45) is 5.73 Å². The van der Waals surface area contributed by atoms with Crippen molar-refractivity contribution in [3.63, 3.8) is 0 Å². The molecule has 2 rings (SSSR count). The Morgan fingerprint density at radius 2 is 2.37 bits per heavy atom. The van der Waals surface area contributed by atoms with Gasteiger partial charge < -0.3 is 10.5 Å². The molecule has 1 heterocycles. The largest absolute Gasteiger partial charge is 0.374 e. The van der Waals surface area contributed by atoms with Gasteiger partial charge in [-0.05, 0) is 6.07 Å². The lowest BCUT2D eigenvalue weighted by molar-refractivity contribution is -0.385. The number of morpholine rings is 1. The summed E-state index contributed by atoms with van der Waals surface area (Å²) in [7, 11) is 0. The molecule has 6 nitrogen and oxygen atoms in total. The van der Waals surface area contributed by atoms with Crippen molar-refractivity contribution in [3.8, 4) is 0 Å². The minimum atomic E-state index is -0.605. The molecule has 0 saturated carbocycles. The normalized spacial score (nSPS) is 20.4. The molecular weight excluding hydrogens is 253 g/mol. The average Bonchev–Trinajstić information content (AvgIpc) is 2.41. The third kappa shape index (κ3) is 3.46. The van der Waals surface area contributed by atoms with Crippen LogP contribution in [0.1, 0.15) is 5.56 Å². The Bertz CT molecular complexity index is 470. The summed E-state index contributed by atoms with van der Waals surface area (Å²) >= 11 is 0. The van der Waals surface area contributed by atoms with Gasteiger partial charge in [0.15, 0.2) is 0 Å². The van der Waals surface area contributed by atoms with Crippen LogP contribution in [0.25, 0.3) is 0 Å². The molecule has 104 valence electrons. The fourth-order valence-electron chi connectivity index (χ4n) is 2.09. The third-order valence-corrected chi connectivity index (χ3v) is 3.13. The standard InChI is InChI=1S/C12H16FN3O3/c13-12-5-10(16(17)18)2-1-9(12)7-15-3-4-19-11(6-14)8-15/h1-2,5,11H,3-4,6-8,14H2. The molecule has 1 aromatic rings. The molecule has 1 aliphatic heterocycles. The first-order valence-electron chi connectivity index (χ1n) is 6.07. The maximum atomic E-state index is 13.8. The van der Waals surface area contributed by atoms with Gasteiger partial charge in [0.1, 0.15) is 5.82 Å². The number of nitrogens with zero attached hydrogens (tertiary/aromatic N) is 2. The molecule has 0 amide bonds. The van der Waals surface area contributed by atoms with E-state index in [4.69, 9.17) is 10.5 Å². The fourth-order valence-corrected chi connectivity index (χ4v) is 2.09. The topological polar surface area (TPSA) is 81.6 Å². The van der Waals surface area contributed by atoms with Crippen molar-refractivity contribution >= 4 is 5.69 Å². The number of hydrogen-bond acceptors (Lipinski definition) is 5. The number of nitrogens with two attached hydrogens (primary N) is 1. The summed E-state index contributed by atoms with van der Waals surface area (Å²) in [5.41, 5.74) is 5.76. The first-order chi connectivity index (χ1) is 9.10. The van der Waals surface area contributed by atoms with E-state index in [1.54, 1.807) is 0 Å². The number of halogens is 1. The molecule has 1 unspecified atom stereocenters. The minimum absolute atomic E-state index is 0.0325. The van der Waals surface area contributed by atoms with Crippen LogP contribution in [0.2, 0.25) is 0 Å². The molecular formula is C12H16FN3O3. The van der Waals surface area contributed by atoms with Gasteiger partial charge in [-0.3, -0.25) is 15.0 Å². The van der Waals surface area contributed by atoms with Crippen LogP contribution in [0.4, 0.5) is 10.1 Å². The van der Waals surface area contributed by atoms with Gasteiger partial charge in [0.05, 0.1) is 23.7 Å². The molecule has 0 aliphatic carbocycles. The number of non-ortho nitro benzene ring substituents is 1. The SMILES string of the molecule is NCC1CN(Cc2ccc([N+](=O)[O-])cc2F)CCO1. The maximum Gasteiger partial charge on any atom is 0.272 e. The van der Waals surface area contributed by atoms with Gasteiger partial charge in [-0.15, -0.1) is 0 Å². The predicted molar refractivity (Wildman–Crippen MR) is 67.1 cm³/mol. The predicted octanol–water partition coefficient (Wildman–Crippen LogP) is 0.893. The van der Waals surface area contributed by atoms with Crippen molar-refractivity contribution in [1.82, 2.24) is 4.90 Å². The molecule has 0 spiro atoms. The zero-order valence-electron chi connectivity index (χ0n) is 10.4. The van der Waals surface area contributed by atoms with Crippen LogP contribution < -0.4 is 5.73 Å². The summed E-state index contributed by atoms with van der Waals surface area (Å²) in [6, 6.07) is 3.73. The summed E-state index contributed by atoms with van der Waals surface area (Å²) in [6.45, 7) is 2.75. The van der Waals surface area contributed by atoms with E-state index in [1.807, 2.05) is 4.90 Å². The highest BCUT2D eigenvalue weighted by molar-refractivity contribution is 5.34. The molecule has 1 saturated heterocycles. The maximum absolute atomic E-state index is 13.8.